The van der Waals surface area contributed by atoms with Crippen LogP contribution in [0.1, 0.15) is 23.6 Å². The van der Waals surface area contributed by atoms with Crippen LogP contribution in [0.15, 0.2) is 48.7 Å². The molecule has 0 bridgehead atoms. The second-order valence-corrected chi connectivity index (χ2v) is 7.48. The number of nitrogens with zero attached hydrogens (tertiary/aromatic N) is 3. The van der Waals surface area contributed by atoms with Gasteiger partial charge in [-0.05, 0) is 28.8 Å². The number of aromatic nitrogens is 3. The van der Waals surface area contributed by atoms with Crippen LogP contribution in [0.4, 0.5) is 14.6 Å². The summed E-state index contributed by atoms with van der Waals surface area (Å²) in [6, 6.07) is 11.6. The molecule has 3 aromatic rings. The predicted molar refractivity (Wildman–Crippen MR) is 102 cm³/mol. The van der Waals surface area contributed by atoms with Crippen LogP contribution in [0.25, 0.3) is 0 Å². The van der Waals surface area contributed by atoms with E-state index in [0.29, 0.717) is 24.6 Å². The molecule has 0 saturated carbocycles. The Morgan fingerprint density at radius 1 is 1.14 bits per heavy atom. The first kappa shape index (κ1) is 19.2. The number of carbonyl (C=O) groups is 1. The van der Waals surface area contributed by atoms with Crippen molar-refractivity contribution in [3.63, 3.8) is 0 Å². The fraction of sp³-hybridized carbons (Fsp3) is 0.286. The Balaban J connectivity index is 1.33. The minimum atomic E-state index is -0.923. The number of hydrogen-bond donors (Lipinski definition) is 1. The molecule has 1 saturated heterocycles. The van der Waals surface area contributed by atoms with Crippen LogP contribution < -0.4 is 5.32 Å². The van der Waals surface area contributed by atoms with Crippen LogP contribution >= 0.6 is 0 Å². The minimum absolute atomic E-state index is 0.0622. The van der Waals surface area contributed by atoms with Gasteiger partial charge in [-0.3, -0.25) is 4.79 Å². The van der Waals surface area contributed by atoms with E-state index in [1.54, 1.807) is 0 Å². The van der Waals surface area contributed by atoms with Crippen LogP contribution in [-0.2, 0) is 27.9 Å². The molecule has 1 N–H and O–H groups in total. The van der Waals surface area contributed by atoms with Crippen LogP contribution in [0, 0.1) is 11.6 Å². The number of hydrogen-bond acceptors (Lipinski definition) is 4. The maximum Gasteiger partial charge on any atom is 0.230 e. The quantitative estimate of drug-likeness (QED) is 0.693. The number of benzene rings is 2. The van der Waals surface area contributed by atoms with E-state index in [2.05, 4.69) is 22.4 Å². The largest absolute Gasteiger partial charge is 0.379 e. The van der Waals surface area contributed by atoms with E-state index < -0.39 is 11.6 Å². The lowest BCUT2D eigenvalue weighted by atomic mass is 9.80. The standard InChI is InChI=1S/C21H20F2N4O2/c1-21(12-29-13-21)16-5-2-14(3-6-16)9-20(28)25-19-10-24-27(26-19)11-15-4-7-17(22)18(23)8-15/h2-8,10H,9,11-13H2,1H3,(H,25,26,28). The number of nitrogens with one attached hydrogen (secondary N) is 1. The molecule has 1 fully saturated rings. The zero-order valence-electron chi connectivity index (χ0n) is 15.9. The summed E-state index contributed by atoms with van der Waals surface area (Å²) in [5.74, 6) is -1.74. The Morgan fingerprint density at radius 2 is 1.86 bits per heavy atom. The summed E-state index contributed by atoms with van der Waals surface area (Å²) in [5.41, 5.74) is 2.67. The van der Waals surface area contributed by atoms with Crippen molar-refractivity contribution < 1.29 is 18.3 Å². The first-order valence-corrected chi connectivity index (χ1v) is 9.22. The summed E-state index contributed by atoms with van der Waals surface area (Å²) < 4.78 is 31.6. The first-order chi connectivity index (χ1) is 13.9. The first-order valence-electron chi connectivity index (χ1n) is 9.22. The predicted octanol–water partition coefficient (Wildman–Crippen LogP) is 3.07. The monoisotopic (exact) mass is 398 g/mol. The summed E-state index contributed by atoms with van der Waals surface area (Å²) in [4.78, 5) is 13.6. The van der Waals surface area contributed by atoms with Gasteiger partial charge in [-0.2, -0.15) is 9.90 Å². The molecule has 6 nitrogen and oxygen atoms in total. The van der Waals surface area contributed by atoms with Crippen LogP contribution in [0.2, 0.25) is 0 Å². The number of rotatable bonds is 6. The molecule has 0 atom stereocenters. The molecule has 4 rings (SSSR count). The van der Waals surface area contributed by atoms with Gasteiger partial charge in [0.25, 0.3) is 0 Å². The van der Waals surface area contributed by atoms with Crippen LogP contribution in [0.5, 0.6) is 0 Å². The van der Waals surface area contributed by atoms with Crippen molar-refractivity contribution in [2.24, 2.45) is 0 Å². The van der Waals surface area contributed by atoms with E-state index in [-0.39, 0.29) is 24.3 Å². The summed E-state index contributed by atoms with van der Waals surface area (Å²) in [6.07, 6.45) is 1.63. The van der Waals surface area contributed by atoms with Gasteiger partial charge >= 0.3 is 0 Å². The highest BCUT2D eigenvalue weighted by molar-refractivity contribution is 5.91. The van der Waals surface area contributed by atoms with Crippen molar-refractivity contribution >= 4 is 11.7 Å². The molecule has 1 aliphatic rings. The van der Waals surface area contributed by atoms with Gasteiger partial charge in [-0.25, -0.2) is 8.78 Å². The summed E-state index contributed by atoms with van der Waals surface area (Å²) >= 11 is 0. The van der Waals surface area contributed by atoms with E-state index in [9.17, 15) is 13.6 Å². The lowest BCUT2D eigenvalue weighted by Gasteiger charge is -2.38. The van der Waals surface area contributed by atoms with E-state index in [0.717, 1.165) is 17.7 Å². The second-order valence-electron chi connectivity index (χ2n) is 7.48. The smallest absolute Gasteiger partial charge is 0.230 e. The molecule has 8 heteroatoms. The van der Waals surface area contributed by atoms with Gasteiger partial charge in [0.1, 0.15) is 0 Å². The Morgan fingerprint density at radius 3 is 2.52 bits per heavy atom. The average molecular weight is 398 g/mol. The van der Waals surface area contributed by atoms with Gasteiger partial charge in [0.2, 0.25) is 5.91 Å². The molecular formula is C21H20F2N4O2. The third-order valence-corrected chi connectivity index (χ3v) is 4.97. The van der Waals surface area contributed by atoms with E-state index in [4.69, 9.17) is 4.74 Å². The molecule has 1 aromatic heterocycles. The average Bonchev–Trinajstić information content (AvgIpc) is 3.10. The number of halogens is 2. The lowest BCUT2D eigenvalue weighted by molar-refractivity contribution is -0.115. The molecule has 150 valence electrons. The highest BCUT2D eigenvalue weighted by atomic mass is 19.2. The third kappa shape index (κ3) is 4.32. The molecule has 0 aliphatic carbocycles. The van der Waals surface area contributed by atoms with Crippen molar-refractivity contribution in [1.29, 1.82) is 0 Å². The van der Waals surface area contributed by atoms with Gasteiger partial charge < -0.3 is 10.1 Å². The summed E-state index contributed by atoms with van der Waals surface area (Å²) in [6.45, 7) is 3.75. The topological polar surface area (TPSA) is 69.0 Å². The number of amides is 1. The summed E-state index contributed by atoms with van der Waals surface area (Å²) in [7, 11) is 0. The van der Waals surface area contributed by atoms with Gasteiger partial charge in [-0.1, -0.05) is 37.3 Å². The van der Waals surface area contributed by atoms with Gasteiger partial charge in [0.15, 0.2) is 17.5 Å². The van der Waals surface area contributed by atoms with Crippen molar-refractivity contribution in [3.05, 3.63) is 77.0 Å². The molecule has 2 heterocycles. The normalized spacial score (nSPS) is 15.0. The van der Waals surface area contributed by atoms with Crippen LogP contribution in [-0.4, -0.2) is 34.1 Å². The molecule has 2 aromatic carbocycles. The minimum Gasteiger partial charge on any atom is -0.379 e. The SMILES string of the molecule is CC1(c2ccc(CC(=O)Nc3cnn(Cc4ccc(F)c(F)c4)n3)cc2)COC1. The maximum absolute atomic E-state index is 13.3. The maximum atomic E-state index is 13.3. The zero-order valence-corrected chi connectivity index (χ0v) is 15.9. The Kier molecular flexibility index (Phi) is 5.10. The molecular weight excluding hydrogens is 378 g/mol. The van der Waals surface area contributed by atoms with E-state index in [1.807, 2.05) is 24.3 Å². The second kappa shape index (κ2) is 7.71. The van der Waals surface area contributed by atoms with Gasteiger partial charge in [0, 0.05) is 5.41 Å². The number of ether oxygens (including phenoxy) is 1. The number of carbonyl (C=O) groups excluding carboxylic acids is 1. The fourth-order valence-electron chi connectivity index (χ4n) is 3.20. The van der Waals surface area contributed by atoms with Crippen molar-refractivity contribution in [2.75, 3.05) is 18.5 Å². The van der Waals surface area contributed by atoms with E-state index in [1.165, 1.54) is 22.6 Å². The highest BCUT2D eigenvalue weighted by Crippen LogP contribution is 2.31. The zero-order chi connectivity index (χ0) is 20.4. The van der Waals surface area contributed by atoms with E-state index >= 15 is 0 Å². The van der Waals surface area contributed by atoms with Crippen molar-refractivity contribution in [1.82, 2.24) is 15.0 Å². The van der Waals surface area contributed by atoms with Gasteiger partial charge in [0.05, 0.1) is 32.4 Å². The van der Waals surface area contributed by atoms with Gasteiger partial charge in [-0.15, -0.1) is 5.10 Å². The molecule has 29 heavy (non-hydrogen) atoms. The van der Waals surface area contributed by atoms with Crippen molar-refractivity contribution in [2.45, 2.75) is 25.3 Å². The number of anilines is 1. The lowest BCUT2D eigenvalue weighted by Crippen LogP contribution is -2.43. The molecule has 0 radical (unpaired) electrons. The highest BCUT2D eigenvalue weighted by Gasteiger charge is 2.34. The Labute approximate surface area is 166 Å². The van der Waals surface area contributed by atoms with Crippen LogP contribution in [0.3, 0.4) is 0 Å². The fourth-order valence-corrected chi connectivity index (χ4v) is 3.20. The molecule has 1 aliphatic heterocycles. The Bertz CT molecular complexity index is 1030. The van der Waals surface area contributed by atoms with Crippen molar-refractivity contribution in [3.8, 4) is 0 Å². The molecule has 1 amide bonds. The molecule has 0 spiro atoms. The molecule has 0 unspecified atom stereocenters. The summed E-state index contributed by atoms with van der Waals surface area (Å²) in [5, 5.41) is 10.9. The third-order valence-electron chi connectivity index (χ3n) is 4.97. The Hall–Kier alpha value is -3.13.